The summed E-state index contributed by atoms with van der Waals surface area (Å²) in [4.78, 5) is 0. The van der Waals surface area contributed by atoms with E-state index in [2.05, 4.69) is 15.9 Å². The minimum atomic E-state index is -0.359. The summed E-state index contributed by atoms with van der Waals surface area (Å²) >= 11 is 3.12. The van der Waals surface area contributed by atoms with E-state index in [1.54, 1.807) is 12.1 Å². The predicted molar refractivity (Wildman–Crippen MR) is 53.3 cm³/mol. The molecular weight excluding hydrogens is 251 g/mol. The molecule has 0 N–H and O–H groups in total. The van der Waals surface area contributed by atoms with Crippen LogP contribution in [0.4, 0.5) is 4.39 Å². The van der Waals surface area contributed by atoms with Crippen molar-refractivity contribution in [3.63, 3.8) is 0 Å². The van der Waals surface area contributed by atoms with Crippen LogP contribution in [0.3, 0.4) is 0 Å². The van der Waals surface area contributed by atoms with Crippen LogP contribution in [-0.2, 0) is 9.47 Å². The van der Waals surface area contributed by atoms with Gasteiger partial charge in [-0.15, -0.1) is 0 Å². The zero-order valence-corrected chi connectivity index (χ0v) is 9.25. The topological polar surface area (TPSA) is 18.5 Å². The van der Waals surface area contributed by atoms with Crippen molar-refractivity contribution in [2.75, 3.05) is 6.61 Å². The van der Waals surface area contributed by atoms with Gasteiger partial charge in [0.05, 0.1) is 17.2 Å². The van der Waals surface area contributed by atoms with Crippen molar-refractivity contribution in [3.8, 4) is 0 Å². The summed E-state index contributed by atoms with van der Waals surface area (Å²) in [5.74, 6) is -0.278. The van der Waals surface area contributed by atoms with Crippen LogP contribution in [0.2, 0.25) is 0 Å². The molecule has 0 spiro atoms. The largest absolute Gasteiger partial charge is 0.346 e. The highest BCUT2D eigenvalue weighted by Crippen LogP contribution is 2.29. The smallest absolute Gasteiger partial charge is 0.184 e. The molecule has 1 aliphatic heterocycles. The highest BCUT2D eigenvalue weighted by Gasteiger charge is 2.24. The van der Waals surface area contributed by atoms with Gasteiger partial charge in [0.1, 0.15) is 5.82 Å². The zero-order chi connectivity index (χ0) is 10.1. The van der Waals surface area contributed by atoms with E-state index in [4.69, 9.17) is 9.47 Å². The Kier molecular flexibility index (Phi) is 2.85. The SMILES string of the molecule is CC1COC(c2ccc(F)c(Br)c2)O1. The molecule has 1 saturated heterocycles. The molecular formula is C10H10BrFO2. The van der Waals surface area contributed by atoms with Crippen LogP contribution in [0.1, 0.15) is 18.8 Å². The second-order valence-corrected chi connectivity index (χ2v) is 4.14. The maximum absolute atomic E-state index is 12.9. The van der Waals surface area contributed by atoms with E-state index in [9.17, 15) is 4.39 Å². The van der Waals surface area contributed by atoms with Gasteiger partial charge in [0.15, 0.2) is 6.29 Å². The standard InChI is InChI=1S/C10H10BrFO2/c1-6-5-13-10(14-6)7-2-3-9(12)8(11)4-7/h2-4,6,10H,5H2,1H3. The molecule has 1 heterocycles. The molecule has 1 aliphatic rings. The third-order valence-corrected chi connectivity index (χ3v) is 2.66. The monoisotopic (exact) mass is 260 g/mol. The number of rotatable bonds is 1. The van der Waals surface area contributed by atoms with Gasteiger partial charge >= 0.3 is 0 Å². The number of halogens is 2. The Morgan fingerprint density at radius 3 is 2.86 bits per heavy atom. The first-order chi connectivity index (χ1) is 6.66. The van der Waals surface area contributed by atoms with Crippen LogP contribution in [0.5, 0.6) is 0 Å². The molecule has 2 rings (SSSR count). The highest BCUT2D eigenvalue weighted by atomic mass is 79.9. The minimum Gasteiger partial charge on any atom is -0.346 e. The molecule has 0 radical (unpaired) electrons. The van der Waals surface area contributed by atoms with E-state index in [-0.39, 0.29) is 18.2 Å². The van der Waals surface area contributed by atoms with Crippen LogP contribution in [0.25, 0.3) is 0 Å². The molecule has 0 aromatic heterocycles. The maximum Gasteiger partial charge on any atom is 0.184 e. The van der Waals surface area contributed by atoms with E-state index in [1.165, 1.54) is 6.07 Å². The van der Waals surface area contributed by atoms with Crippen molar-refractivity contribution in [1.29, 1.82) is 0 Å². The molecule has 1 fully saturated rings. The third-order valence-electron chi connectivity index (χ3n) is 2.05. The number of hydrogen-bond donors (Lipinski definition) is 0. The molecule has 76 valence electrons. The fraction of sp³-hybridized carbons (Fsp3) is 0.400. The molecule has 1 aromatic rings. The van der Waals surface area contributed by atoms with Gasteiger partial charge in [-0.25, -0.2) is 4.39 Å². The van der Waals surface area contributed by atoms with Crippen LogP contribution >= 0.6 is 15.9 Å². The molecule has 2 unspecified atom stereocenters. The van der Waals surface area contributed by atoms with Crippen molar-refractivity contribution in [2.24, 2.45) is 0 Å². The molecule has 0 bridgehead atoms. The number of hydrogen-bond acceptors (Lipinski definition) is 2. The van der Waals surface area contributed by atoms with Gasteiger partial charge in [-0.05, 0) is 35.0 Å². The average molecular weight is 261 g/mol. The number of ether oxygens (including phenoxy) is 2. The highest BCUT2D eigenvalue weighted by molar-refractivity contribution is 9.10. The second kappa shape index (κ2) is 3.96. The molecule has 0 saturated carbocycles. The summed E-state index contributed by atoms with van der Waals surface area (Å²) in [6.45, 7) is 2.53. The van der Waals surface area contributed by atoms with Crippen LogP contribution in [0.15, 0.2) is 22.7 Å². The molecule has 2 atom stereocenters. The average Bonchev–Trinajstić information content (AvgIpc) is 2.57. The van der Waals surface area contributed by atoms with Gasteiger partial charge in [0, 0.05) is 5.56 Å². The van der Waals surface area contributed by atoms with E-state index >= 15 is 0 Å². The minimum absolute atomic E-state index is 0.101. The second-order valence-electron chi connectivity index (χ2n) is 3.29. The summed E-state index contributed by atoms with van der Waals surface area (Å²) in [6, 6.07) is 4.75. The summed E-state index contributed by atoms with van der Waals surface area (Å²) in [7, 11) is 0. The molecule has 0 amide bonds. The summed E-state index contributed by atoms with van der Waals surface area (Å²) in [5.41, 5.74) is 0.836. The molecule has 14 heavy (non-hydrogen) atoms. The van der Waals surface area contributed by atoms with E-state index in [0.29, 0.717) is 11.1 Å². The van der Waals surface area contributed by atoms with Gasteiger partial charge < -0.3 is 9.47 Å². The van der Waals surface area contributed by atoms with Crippen molar-refractivity contribution < 1.29 is 13.9 Å². The summed E-state index contributed by atoms with van der Waals surface area (Å²) in [5, 5.41) is 0. The van der Waals surface area contributed by atoms with Gasteiger partial charge in [0.2, 0.25) is 0 Å². The lowest BCUT2D eigenvalue weighted by Crippen LogP contribution is -2.02. The van der Waals surface area contributed by atoms with Gasteiger partial charge in [-0.3, -0.25) is 0 Å². The Hall–Kier alpha value is -0.450. The molecule has 1 aromatic carbocycles. The van der Waals surface area contributed by atoms with Crippen LogP contribution in [-0.4, -0.2) is 12.7 Å². The van der Waals surface area contributed by atoms with Crippen molar-refractivity contribution in [3.05, 3.63) is 34.1 Å². The van der Waals surface area contributed by atoms with Crippen molar-refractivity contribution in [2.45, 2.75) is 19.3 Å². The van der Waals surface area contributed by atoms with Gasteiger partial charge in [-0.1, -0.05) is 6.07 Å². The Bertz CT molecular complexity index is 343. The van der Waals surface area contributed by atoms with Crippen LogP contribution < -0.4 is 0 Å². The Balaban J connectivity index is 2.20. The van der Waals surface area contributed by atoms with E-state index in [0.717, 1.165) is 5.56 Å². The Morgan fingerprint density at radius 1 is 1.50 bits per heavy atom. The van der Waals surface area contributed by atoms with E-state index < -0.39 is 0 Å². The van der Waals surface area contributed by atoms with E-state index in [1.807, 2.05) is 6.92 Å². The summed E-state index contributed by atoms with van der Waals surface area (Å²) < 4.78 is 24.2. The lowest BCUT2D eigenvalue weighted by molar-refractivity contribution is -0.0572. The maximum atomic E-state index is 12.9. The van der Waals surface area contributed by atoms with Crippen LogP contribution in [0, 0.1) is 5.82 Å². The lowest BCUT2D eigenvalue weighted by Gasteiger charge is -2.10. The molecule has 4 heteroatoms. The molecule has 2 nitrogen and oxygen atoms in total. The molecule has 0 aliphatic carbocycles. The lowest BCUT2D eigenvalue weighted by atomic mass is 10.2. The van der Waals surface area contributed by atoms with Gasteiger partial charge in [-0.2, -0.15) is 0 Å². The van der Waals surface area contributed by atoms with Crippen molar-refractivity contribution >= 4 is 15.9 Å². The summed E-state index contributed by atoms with van der Waals surface area (Å²) in [6.07, 6.45) is -0.259. The third kappa shape index (κ3) is 1.97. The van der Waals surface area contributed by atoms with Gasteiger partial charge in [0.25, 0.3) is 0 Å². The first-order valence-electron chi connectivity index (χ1n) is 4.39. The fourth-order valence-corrected chi connectivity index (χ4v) is 1.74. The first-order valence-corrected chi connectivity index (χ1v) is 5.18. The van der Waals surface area contributed by atoms with Crippen molar-refractivity contribution in [1.82, 2.24) is 0 Å². The Morgan fingerprint density at radius 2 is 2.29 bits per heavy atom. The Labute approximate surface area is 90.1 Å². The number of benzene rings is 1. The quantitative estimate of drug-likeness (QED) is 0.773. The predicted octanol–water partition coefficient (Wildman–Crippen LogP) is 3.02. The first kappa shape index (κ1) is 10.1. The fourth-order valence-electron chi connectivity index (χ4n) is 1.35. The zero-order valence-electron chi connectivity index (χ0n) is 7.67. The normalized spacial score (nSPS) is 26.8.